The van der Waals surface area contributed by atoms with E-state index in [2.05, 4.69) is 47.6 Å². The number of thioether (sulfide) groups is 1. The van der Waals surface area contributed by atoms with Gasteiger partial charge in [0, 0.05) is 70.3 Å². The van der Waals surface area contributed by atoms with Crippen molar-refractivity contribution in [1.82, 2.24) is 20.0 Å². The zero-order valence-corrected chi connectivity index (χ0v) is 17.1. The predicted octanol–water partition coefficient (Wildman–Crippen LogP) is 1.19. The molecule has 2 aliphatic heterocycles. The SMILES string of the molecule is CCNC(=NCCN1CCN(C(C)=O)CC1)N1CCSC(C(C)C)C1. The highest BCUT2D eigenvalue weighted by molar-refractivity contribution is 8.00. The molecule has 2 heterocycles. The first-order valence-electron chi connectivity index (χ1n) is 9.64. The Balaban J connectivity index is 1.82. The zero-order valence-electron chi connectivity index (χ0n) is 16.3. The molecule has 25 heavy (non-hydrogen) atoms. The second kappa shape index (κ2) is 10.3. The highest BCUT2D eigenvalue weighted by atomic mass is 32.2. The summed E-state index contributed by atoms with van der Waals surface area (Å²) in [5, 5.41) is 4.16. The summed E-state index contributed by atoms with van der Waals surface area (Å²) >= 11 is 2.09. The van der Waals surface area contributed by atoms with Gasteiger partial charge in [0.25, 0.3) is 0 Å². The molecule has 1 atom stereocenters. The number of piperazine rings is 1. The molecule has 0 aliphatic carbocycles. The Morgan fingerprint density at radius 2 is 1.92 bits per heavy atom. The van der Waals surface area contributed by atoms with E-state index in [1.165, 1.54) is 5.75 Å². The maximum atomic E-state index is 11.4. The largest absolute Gasteiger partial charge is 0.357 e. The van der Waals surface area contributed by atoms with Gasteiger partial charge in [-0.2, -0.15) is 11.8 Å². The van der Waals surface area contributed by atoms with Crippen LogP contribution in [-0.2, 0) is 4.79 Å². The van der Waals surface area contributed by atoms with Gasteiger partial charge in [-0.05, 0) is 12.8 Å². The number of hydrogen-bond acceptors (Lipinski definition) is 4. The molecule has 7 heteroatoms. The molecular weight excluding hydrogens is 334 g/mol. The Morgan fingerprint density at radius 3 is 2.52 bits per heavy atom. The molecule has 0 aromatic carbocycles. The van der Waals surface area contributed by atoms with Crippen molar-refractivity contribution in [2.75, 3.05) is 64.7 Å². The van der Waals surface area contributed by atoms with Crippen LogP contribution in [0.15, 0.2) is 4.99 Å². The molecule has 0 aromatic heterocycles. The van der Waals surface area contributed by atoms with Crippen molar-refractivity contribution in [2.45, 2.75) is 32.9 Å². The third-order valence-corrected chi connectivity index (χ3v) is 6.51. The van der Waals surface area contributed by atoms with Crippen molar-refractivity contribution in [3.8, 4) is 0 Å². The van der Waals surface area contributed by atoms with E-state index < -0.39 is 0 Å². The third kappa shape index (κ3) is 6.37. The molecule has 144 valence electrons. The van der Waals surface area contributed by atoms with Crippen molar-refractivity contribution >= 4 is 23.6 Å². The van der Waals surface area contributed by atoms with Gasteiger partial charge in [0.05, 0.1) is 6.54 Å². The van der Waals surface area contributed by atoms with Crippen LogP contribution >= 0.6 is 11.8 Å². The second-order valence-corrected chi connectivity index (χ2v) is 8.53. The summed E-state index contributed by atoms with van der Waals surface area (Å²) in [7, 11) is 0. The zero-order chi connectivity index (χ0) is 18.2. The smallest absolute Gasteiger partial charge is 0.219 e. The predicted molar refractivity (Wildman–Crippen MR) is 107 cm³/mol. The van der Waals surface area contributed by atoms with E-state index in [1.807, 2.05) is 4.90 Å². The van der Waals surface area contributed by atoms with Crippen LogP contribution in [0.2, 0.25) is 0 Å². The van der Waals surface area contributed by atoms with Gasteiger partial charge in [-0.25, -0.2) is 0 Å². The molecule has 6 nitrogen and oxygen atoms in total. The molecule has 0 spiro atoms. The van der Waals surface area contributed by atoms with Crippen molar-refractivity contribution in [1.29, 1.82) is 0 Å². The third-order valence-electron chi connectivity index (χ3n) is 4.97. The highest BCUT2D eigenvalue weighted by Crippen LogP contribution is 2.24. The molecular formula is C18H35N5OS. The molecule has 2 aliphatic rings. The van der Waals surface area contributed by atoms with Gasteiger partial charge >= 0.3 is 0 Å². The summed E-state index contributed by atoms with van der Waals surface area (Å²) in [6.45, 7) is 16.9. The van der Waals surface area contributed by atoms with Crippen LogP contribution in [0.5, 0.6) is 0 Å². The fourth-order valence-corrected chi connectivity index (χ4v) is 4.58. The number of amides is 1. The summed E-state index contributed by atoms with van der Waals surface area (Å²) in [5.74, 6) is 3.14. The number of hydrogen-bond donors (Lipinski definition) is 1. The van der Waals surface area contributed by atoms with Crippen molar-refractivity contribution in [3.63, 3.8) is 0 Å². The molecule has 1 N–H and O–H groups in total. The summed E-state index contributed by atoms with van der Waals surface area (Å²) in [6, 6.07) is 0. The maximum Gasteiger partial charge on any atom is 0.219 e. The minimum Gasteiger partial charge on any atom is -0.357 e. The summed E-state index contributed by atoms with van der Waals surface area (Å²) in [4.78, 5) is 23.1. The summed E-state index contributed by atoms with van der Waals surface area (Å²) < 4.78 is 0. The molecule has 1 amide bonds. The fraction of sp³-hybridized carbons (Fsp3) is 0.889. The minimum atomic E-state index is 0.190. The van der Waals surface area contributed by atoms with Gasteiger partial charge in [-0.15, -0.1) is 0 Å². The van der Waals surface area contributed by atoms with Crippen LogP contribution in [0.4, 0.5) is 0 Å². The Kier molecular flexibility index (Phi) is 8.36. The summed E-state index contributed by atoms with van der Waals surface area (Å²) in [6.07, 6.45) is 0. The number of carbonyl (C=O) groups is 1. The van der Waals surface area contributed by atoms with Gasteiger partial charge < -0.3 is 15.1 Å². The van der Waals surface area contributed by atoms with E-state index in [1.54, 1.807) is 6.92 Å². The van der Waals surface area contributed by atoms with E-state index in [9.17, 15) is 4.79 Å². The van der Waals surface area contributed by atoms with Crippen LogP contribution in [0.25, 0.3) is 0 Å². The molecule has 0 radical (unpaired) electrons. The van der Waals surface area contributed by atoms with Gasteiger partial charge in [0.2, 0.25) is 5.91 Å². The summed E-state index contributed by atoms with van der Waals surface area (Å²) in [5.41, 5.74) is 0. The second-order valence-electron chi connectivity index (χ2n) is 7.18. The lowest BCUT2D eigenvalue weighted by molar-refractivity contribution is -0.130. The first-order valence-corrected chi connectivity index (χ1v) is 10.7. The number of carbonyl (C=O) groups excluding carboxylic acids is 1. The van der Waals surface area contributed by atoms with E-state index in [4.69, 9.17) is 4.99 Å². The van der Waals surface area contributed by atoms with Gasteiger partial charge in [0.1, 0.15) is 0 Å². The maximum absolute atomic E-state index is 11.4. The number of nitrogens with one attached hydrogen (secondary N) is 1. The normalized spacial score (nSPS) is 23.2. The first kappa shape index (κ1) is 20.4. The fourth-order valence-electron chi connectivity index (χ4n) is 3.28. The molecule has 1 unspecified atom stereocenters. The number of aliphatic imine (C=N–C) groups is 1. The minimum absolute atomic E-state index is 0.190. The highest BCUT2D eigenvalue weighted by Gasteiger charge is 2.25. The van der Waals surface area contributed by atoms with Crippen molar-refractivity contribution in [3.05, 3.63) is 0 Å². The van der Waals surface area contributed by atoms with Crippen LogP contribution in [0.1, 0.15) is 27.7 Å². The van der Waals surface area contributed by atoms with E-state index in [0.717, 1.165) is 64.9 Å². The van der Waals surface area contributed by atoms with E-state index in [0.29, 0.717) is 11.2 Å². The first-order chi connectivity index (χ1) is 12.0. The Morgan fingerprint density at radius 1 is 1.20 bits per heavy atom. The number of rotatable bonds is 5. The molecule has 2 rings (SSSR count). The van der Waals surface area contributed by atoms with Gasteiger partial charge in [0.15, 0.2) is 5.96 Å². The van der Waals surface area contributed by atoms with Crippen molar-refractivity contribution < 1.29 is 4.79 Å². The quantitative estimate of drug-likeness (QED) is 0.583. The number of guanidine groups is 1. The van der Waals surface area contributed by atoms with Crippen LogP contribution in [-0.4, -0.2) is 96.5 Å². The molecule has 0 aromatic rings. The van der Waals surface area contributed by atoms with E-state index >= 15 is 0 Å². The lowest BCUT2D eigenvalue weighted by Gasteiger charge is -2.36. The van der Waals surface area contributed by atoms with E-state index in [-0.39, 0.29) is 5.91 Å². The Bertz CT molecular complexity index is 449. The Hall–Kier alpha value is -0.950. The average Bonchev–Trinajstić information content (AvgIpc) is 2.61. The topological polar surface area (TPSA) is 51.2 Å². The lowest BCUT2D eigenvalue weighted by Crippen LogP contribution is -2.50. The lowest BCUT2D eigenvalue weighted by atomic mass is 10.1. The molecule has 2 saturated heterocycles. The Labute approximate surface area is 157 Å². The number of nitrogens with zero attached hydrogens (tertiary/aromatic N) is 4. The molecule has 0 saturated carbocycles. The standard InChI is InChI=1S/C18H35N5OS/c1-5-19-18(23-12-13-25-17(14-23)15(2)3)20-6-7-21-8-10-22(11-9-21)16(4)24/h15,17H,5-14H2,1-4H3,(H,19,20). The van der Waals surface area contributed by atoms with Gasteiger partial charge in [-0.3, -0.25) is 14.7 Å². The molecule has 2 fully saturated rings. The molecule has 0 bridgehead atoms. The van der Waals surface area contributed by atoms with Crippen molar-refractivity contribution in [2.24, 2.45) is 10.9 Å². The van der Waals surface area contributed by atoms with Crippen LogP contribution < -0.4 is 5.32 Å². The monoisotopic (exact) mass is 369 g/mol. The average molecular weight is 370 g/mol. The van der Waals surface area contributed by atoms with Crippen LogP contribution in [0, 0.1) is 5.92 Å². The van der Waals surface area contributed by atoms with Crippen LogP contribution in [0.3, 0.4) is 0 Å². The van der Waals surface area contributed by atoms with Gasteiger partial charge in [-0.1, -0.05) is 13.8 Å².